The molecule has 0 aliphatic heterocycles. The molecule has 0 radical (unpaired) electrons. The summed E-state index contributed by atoms with van der Waals surface area (Å²) in [6, 6.07) is 14.7. The predicted molar refractivity (Wildman–Crippen MR) is 82.3 cm³/mol. The number of carbonyl (C=O) groups excluding carboxylic acids is 1. The van der Waals surface area contributed by atoms with E-state index < -0.39 is 0 Å². The second-order valence-electron chi connectivity index (χ2n) is 4.48. The fraction of sp³-hybridized carbons (Fsp3) is 0.0625. The van der Waals surface area contributed by atoms with Crippen LogP contribution in [-0.2, 0) is 11.2 Å². The van der Waals surface area contributed by atoms with E-state index in [9.17, 15) is 9.90 Å². The molecular weight excluding hydrogens is 270 g/mol. The molecule has 1 amide bonds. The van der Waals surface area contributed by atoms with Gasteiger partial charge in [0.25, 0.3) is 0 Å². The van der Waals surface area contributed by atoms with Crippen LogP contribution < -0.4 is 5.32 Å². The molecule has 0 atom stereocenters. The summed E-state index contributed by atoms with van der Waals surface area (Å²) in [5.74, 6) is 0.167. The number of aromatic hydroxyl groups is 1. The van der Waals surface area contributed by atoms with Crippen LogP contribution in [0.3, 0.4) is 0 Å². The molecule has 3 nitrogen and oxygen atoms in total. The molecule has 0 aliphatic rings. The molecule has 0 bridgehead atoms. The maximum atomic E-state index is 12.0. The SMILES string of the molecule is O=C(Cc1cccs1)Nc1cccc2c(O)cccc12. The molecule has 100 valence electrons. The molecular formula is C16H13NO2S. The van der Waals surface area contributed by atoms with Crippen molar-refractivity contribution < 1.29 is 9.90 Å². The first-order chi connectivity index (χ1) is 9.74. The Hall–Kier alpha value is -2.33. The van der Waals surface area contributed by atoms with Crippen LogP contribution >= 0.6 is 11.3 Å². The molecule has 0 saturated carbocycles. The Balaban J connectivity index is 1.87. The van der Waals surface area contributed by atoms with Gasteiger partial charge < -0.3 is 10.4 Å². The lowest BCUT2D eigenvalue weighted by Gasteiger charge is -2.09. The highest BCUT2D eigenvalue weighted by Gasteiger charge is 2.08. The van der Waals surface area contributed by atoms with Gasteiger partial charge in [-0.3, -0.25) is 4.79 Å². The smallest absolute Gasteiger partial charge is 0.229 e. The summed E-state index contributed by atoms with van der Waals surface area (Å²) in [4.78, 5) is 13.1. The number of hydrogen-bond donors (Lipinski definition) is 2. The number of hydrogen-bond acceptors (Lipinski definition) is 3. The minimum atomic E-state index is -0.0525. The largest absolute Gasteiger partial charge is 0.507 e. The Morgan fingerprint density at radius 1 is 1.05 bits per heavy atom. The van der Waals surface area contributed by atoms with E-state index in [4.69, 9.17) is 0 Å². The second-order valence-corrected chi connectivity index (χ2v) is 5.51. The summed E-state index contributed by atoms with van der Waals surface area (Å²) in [5, 5.41) is 16.3. The van der Waals surface area contributed by atoms with Gasteiger partial charge in [-0.2, -0.15) is 0 Å². The van der Waals surface area contributed by atoms with Gasteiger partial charge in [-0.1, -0.05) is 30.3 Å². The quantitative estimate of drug-likeness (QED) is 0.768. The van der Waals surface area contributed by atoms with Crippen LogP contribution in [0, 0.1) is 0 Å². The van der Waals surface area contributed by atoms with Gasteiger partial charge in [0.05, 0.1) is 6.42 Å². The molecule has 4 heteroatoms. The second kappa shape index (κ2) is 5.35. The first kappa shape index (κ1) is 12.7. The zero-order valence-electron chi connectivity index (χ0n) is 10.7. The Morgan fingerprint density at radius 3 is 2.65 bits per heavy atom. The molecule has 0 unspecified atom stereocenters. The number of carbonyl (C=O) groups is 1. The van der Waals surface area contributed by atoms with Gasteiger partial charge in [-0.05, 0) is 23.6 Å². The van der Waals surface area contributed by atoms with Gasteiger partial charge in [0.15, 0.2) is 0 Å². The lowest BCUT2D eigenvalue weighted by molar-refractivity contribution is -0.115. The minimum Gasteiger partial charge on any atom is -0.507 e. The highest BCUT2D eigenvalue weighted by atomic mass is 32.1. The number of nitrogens with one attached hydrogen (secondary N) is 1. The number of rotatable bonds is 3. The first-order valence-corrected chi connectivity index (χ1v) is 7.15. The average molecular weight is 283 g/mol. The zero-order chi connectivity index (χ0) is 13.9. The van der Waals surface area contributed by atoms with Gasteiger partial charge in [0, 0.05) is 21.3 Å². The van der Waals surface area contributed by atoms with Crippen LogP contribution in [0.5, 0.6) is 5.75 Å². The van der Waals surface area contributed by atoms with Crippen LogP contribution in [0.4, 0.5) is 5.69 Å². The zero-order valence-corrected chi connectivity index (χ0v) is 11.5. The molecule has 3 aromatic rings. The van der Waals surface area contributed by atoms with E-state index in [0.29, 0.717) is 6.42 Å². The van der Waals surface area contributed by atoms with Crippen LogP contribution in [0.15, 0.2) is 53.9 Å². The van der Waals surface area contributed by atoms with Crippen LogP contribution in [0.1, 0.15) is 4.88 Å². The van der Waals surface area contributed by atoms with Crippen molar-refractivity contribution in [3.8, 4) is 5.75 Å². The third kappa shape index (κ3) is 2.51. The number of amides is 1. The van der Waals surface area contributed by atoms with E-state index in [1.165, 1.54) is 0 Å². The number of anilines is 1. The molecule has 1 heterocycles. The third-order valence-electron chi connectivity index (χ3n) is 3.09. The van der Waals surface area contributed by atoms with Crippen molar-refractivity contribution in [1.82, 2.24) is 0 Å². The molecule has 20 heavy (non-hydrogen) atoms. The molecule has 2 aromatic carbocycles. The molecule has 2 N–H and O–H groups in total. The number of phenolic OH excluding ortho intramolecular Hbond substituents is 1. The van der Waals surface area contributed by atoms with E-state index in [0.717, 1.165) is 21.3 Å². The van der Waals surface area contributed by atoms with Crippen LogP contribution in [0.2, 0.25) is 0 Å². The molecule has 3 rings (SSSR count). The average Bonchev–Trinajstić information content (AvgIpc) is 2.93. The van der Waals surface area contributed by atoms with E-state index in [-0.39, 0.29) is 11.7 Å². The standard InChI is InChI=1S/C16H13NO2S/c18-15-8-2-5-12-13(15)6-1-7-14(12)17-16(19)10-11-4-3-9-20-11/h1-9,18H,10H2,(H,17,19). The van der Waals surface area contributed by atoms with Crippen molar-refractivity contribution in [2.24, 2.45) is 0 Å². The summed E-state index contributed by atoms with van der Waals surface area (Å²) >= 11 is 1.57. The Kier molecular flexibility index (Phi) is 3.39. The van der Waals surface area contributed by atoms with E-state index in [1.54, 1.807) is 23.5 Å². The molecule has 0 fully saturated rings. The molecule has 0 saturated heterocycles. The van der Waals surface area contributed by atoms with Crippen molar-refractivity contribution >= 4 is 33.7 Å². The van der Waals surface area contributed by atoms with Gasteiger partial charge in [0.2, 0.25) is 5.91 Å². The highest BCUT2D eigenvalue weighted by molar-refractivity contribution is 7.10. The molecule has 1 aromatic heterocycles. The number of thiophene rings is 1. The Bertz CT molecular complexity index is 750. The van der Waals surface area contributed by atoms with Gasteiger partial charge in [-0.25, -0.2) is 0 Å². The maximum absolute atomic E-state index is 12.0. The van der Waals surface area contributed by atoms with E-state index in [1.807, 2.05) is 41.8 Å². The maximum Gasteiger partial charge on any atom is 0.229 e. The predicted octanol–water partition coefficient (Wildman–Crippen LogP) is 3.79. The lowest BCUT2D eigenvalue weighted by Crippen LogP contribution is -2.13. The van der Waals surface area contributed by atoms with Crippen LogP contribution in [-0.4, -0.2) is 11.0 Å². The van der Waals surface area contributed by atoms with Crippen molar-refractivity contribution in [2.75, 3.05) is 5.32 Å². The van der Waals surface area contributed by atoms with E-state index in [2.05, 4.69) is 5.32 Å². The van der Waals surface area contributed by atoms with Gasteiger partial charge in [0.1, 0.15) is 5.75 Å². The summed E-state index contributed by atoms with van der Waals surface area (Å²) in [5.41, 5.74) is 0.722. The summed E-state index contributed by atoms with van der Waals surface area (Å²) in [6.45, 7) is 0. The monoisotopic (exact) mass is 283 g/mol. The Labute approximate surface area is 120 Å². The topological polar surface area (TPSA) is 49.3 Å². The number of phenols is 1. The summed E-state index contributed by atoms with van der Waals surface area (Å²) in [7, 11) is 0. The van der Waals surface area contributed by atoms with Crippen molar-refractivity contribution in [1.29, 1.82) is 0 Å². The van der Waals surface area contributed by atoms with Crippen molar-refractivity contribution in [2.45, 2.75) is 6.42 Å². The summed E-state index contributed by atoms with van der Waals surface area (Å²) < 4.78 is 0. The number of fused-ring (bicyclic) bond motifs is 1. The summed E-state index contributed by atoms with van der Waals surface area (Å²) in [6.07, 6.45) is 0.368. The highest BCUT2D eigenvalue weighted by Crippen LogP contribution is 2.29. The third-order valence-corrected chi connectivity index (χ3v) is 3.96. The van der Waals surface area contributed by atoms with Crippen molar-refractivity contribution in [3.05, 3.63) is 58.8 Å². The normalized spacial score (nSPS) is 10.6. The molecule has 0 spiro atoms. The fourth-order valence-corrected chi connectivity index (χ4v) is 2.87. The van der Waals surface area contributed by atoms with Gasteiger partial charge >= 0.3 is 0 Å². The Morgan fingerprint density at radius 2 is 1.85 bits per heavy atom. The number of benzene rings is 2. The van der Waals surface area contributed by atoms with Gasteiger partial charge in [-0.15, -0.1) is 11.3 Å². The lowest BCUT2D eigenvalue weighted by atomic mass is 10.1. The van der Waals surface area contributed by atoms with E-state index >= 15 is 0 Å². The van der Waals surface area contributed by atoms with Crippen LogP contribution in [0.25, 0.3) is 10.8 Å². The van der Waals surface area contributed by atoms with Crippen molar-refractivity contribution in [3.63, 3.8) is 0 Å². The molecule has 0 aliphatic carbocycles. The fourth-order valence-electron chi connectivity index (χ4n) is 2.17. The minimum absolute atomic E-state index is 0.0525. The first-order valence-electron chi connectivity index (χ1n) is 6.27.